The summed E-state index contributed by atoms with van der Waals surface area (Å²) in [6, 6.07) is 3.24. The molecule has 0 aliphatic carbocycles. The summed E-state index contributed by atoms with van der Waals surface area (Å²) in [4.78, 5) is 21.2. The van der Waals surface area contributed by atoms with Crippen molar-refractivity contribution >= 4 is 18.0 Å². The molecular weight excluding hydrogens is 270 g/mol. The topological polar surface area (TPSA) is 93.4 Å². The van der Waals surface area contributed by atoms with Gasteiger partial charge in [-0.05, 0) is 43.7 Å². The number of carboxylic acids is 2. The maximum atomic E-state index is 10.9. The molecule has 0 aliphatic rings. The molecule has 0 spiro atoms. The summed E-state index contributed by atoms with van der Waals surface area (Å²) in [5.41, 5.74) is -0.234. The van der Waals surface area contributed by atoms with Crippen LogP contribution in [-0.4, -0.2) is 11.9 Å². The van der Waals surface area contributed by atoms with E-state index < -0.39 is 11.9 Å². The number of rotatable bonds is 4. The molecule has 0 unspecified atom stereocenters. The smallest absolute Gasteiger partial charge is 0.545 e. The Hall–Kier alpha value is -0.300. The van der Waals surface area contributed by atoms with E-state index in [9.17, 15) is 19.8 Å². The third-order valence-electron chi connectivity index (χ3n) is 2.03. The van der Waals surface area contributed by atoms with Gasteiger partial charge in [-0.15, -0.1) is 0 Å². The number of hydrogen-bond donors (Lipinski definition) is 0. The summed E-state index contributed by atoms with van der Waals surface area (Å²) in [5.74, 6) is -2.01. The Morgan fingerprint density at radius 3 is 2.16 bits per heavy atom. The minimum Gasteiger partial charge on any atom is -0.545 e. The van der Waals surface area contributed by atoms with Crippen molar-refractivity contribution in [1.29, 1.82) is 0 Å². The average Bonchev–Trinajstić information content (AvgIpc) is 2.58. The van der Waals surface area contributed by atoms with Gasteiger partial charge in [0.2, 0.25) is 0 Å². The Bertz CT molecular complexity index is 514. The van der Waals surface area contributed by atoms with E-state index in [4.69, 9.17) is 4.42 Å². The predicted octanol–water partition coefficient (Wildman–Crippen LogP) is -6.57. The first kappa shape index (κ1) is 21.0. The molecule has 0 N–H and O–H groups in total. The Morgan fingerprint density at radius 1 is 1.21 bits per heavy atom. The summed E-state index contributed by atoms with van der Waals surface area (Å²) in [6.07, 6.45) is 1.90. The molecule has 1 rings (SSSR count). The van der Waals surface area contributed by atoms with Crippen molar-refractivity contribution < 1.29 is 83.3 Å². The van der Waals surface area contributed by atoms with Crippen molar-refractivity contribution in [3.63, 3.8) is 0 Å². The van der Waals surface area contributed by atoms with Crippen molar-refractivity contribution in [3.05, 3.63) is 40.9 Å². The zero-order chi connectivity index (χ0) is 13.0. The van der Waals surface area contributed by atoms with Gasteiger partial charge < -0.3 is 24.2 Å². The number of aliphatic carboxylic acids is 2. The Kier molecular flexibility index (Phi) is 10.6. The van der Waals surface area contributed by atoms with Crippen molar-refractivity contribution in [2.75, 3.05) is 0 Å². The molecule has 0 aromatic carbocycles. The maximum absolute atomic E-state index is 10.9. The largest absolute Gasteiger partial charge is 1.00 e. The minimum atomic E-state index is -1.48. The number of carboxylic acid groups (broad SMARTS) is 2. The van der Waals surface area contributed by atoms with Crippen molar-refractivity contribution in [3.8, 4) is 0 Å². The maximum Gasteiger partial charge on any atom is 1.00 e. The third-order valence-corrected chi connectivity index (χ3v) is 2.03. The van der Waals surface area contributed by atoms with Crippen LogP contribution in [0.25, 0.3) is 6.08 Å². The van der Waals surface area contributed by atoms with Crippen LogP contribution in [0.5, 0.6) is 0 Å². The minimum absolute atomic E-state index is 0. The molecule has 0 radical (unpaired) electrons. The molecule has 0 amide bonds. The van der Waals surface area contributed by atoms with Gasteiger partial charge in [-0.25, -0.2) is 0 Å². The standard InChI is InChI=1S/C12H12O5.2Na/c1-7(5-11(13)14)10(12(15)16)6-9-4-3-8(2)17-9;;/h3-6H,1-2H3,(H,13,14)(H,15,16);;/q;2*+1/p-2/b7-5-,10-6+;;. The number of furan rings is 1. The molecule has 1 aromatic heterocycles. The molecule has 0 saturated carbocycles. The molecule has 0 aliphatic heterocycles. The zero-order valence-electron chi connectivity index (χ0n) is 11.4. The summed E-state index contributed by atoms with van der Waals surface area (Å²) in [7, 11) is 0. The molecule has 1 heterocycles. The van der Waals surface area contributed by atoms with Crippen LogP contribution >= 0.6 is 0 Å². The molecule has 7 heteroatoms. The van der Waals surface area contributed by atoms with E-state index in [2.05, 4.69) is 0 Å². The third kappa shape index (κ3) is 7.15. The van der Waals surface area contributed by atoms with Gasteiger partial charge in [-0.2, -0.15) is 0 Å². The number of hydrogen-bond acceptors (Lipinski definition) is 5. The summed E-state index contributed by atoms with van der Waals surface area (Å²) in [5, 5.41) is 21.2. The van der Waals surface area contributed by atoms with E-state index in [-0.39, 0.29) is 70.3 Å². The normalized spacial score (nSPS) is 11.3. The van der Waals surface area contributed by atoms with Crippen LogP contribution < -0.4 is 69.3 Å². The van der Waals surface area contributed by atoms with Crippen molar-refractivity contribution in [2.45, 2.75) is 13.8 Å². The molecule has 19 heavy (non-hydrogen) atoms. The fourth-order valence-electron chi connectivity index (χ4n) is 1.26. The van der Waals surface area contributed by atoms with E-state index in [0.717, 1.165) is 0 Å². The molecule has 90 valence electrons. The Labute approximate surface area is 155 Å². The second-order valence-corrected chi connectivity index (χ2v) is 3.44. The van der Waals surface area contributed by atoms with Crippen LogP contribution in [0.2, 0.25) is 0 Å². The molecule has 0 fully saturated rings. The van der Waals surface area contributed by atoms with Gasteiger partial charge in [0.05, 0.1) is 11.9 Å². The number of aryl methyl sites for hydroxylation is 1. The second-order valence-electron chi connectivity index (χ2n) is 3.44. The van der Waals surface area contributed by atoms with Crippen LogP contribution in [-0.2, 0) is 9.59 Å². The molecule has 1 aromatic rings. The van der Waals surface area contributed by atoms with Crippen LogP contribution in [0.4, 0.5) is 0 Å². The van der Waals surface area contributed by atoms with Crippen LogP contribution in [0.1, 0.15) is 18.4 Å². The van der Waals surface area contributed by atoms with Gasteiger partial charge in [0, 0.05) is 5.57 Å². The van der Waals surface area contributed by atoms with E-state index in [1.54, 1.807) is 19.1 Å². The van der Waals surface area contributed by atoms with E-state index in [1.165, 1.54) is 13.0 Å². The molecule has 0 atom stereocenters. The van der Waals surface area contributed by atoms with Crippen LogP contribution in [0, 0.1) is 6.92 Å². The first-order valence-corrected chi connectivity index (χ1v) is 4.79. The molecule has 5 nitrogen and oxygen atoms in total. The fourth-order valence-corrected chi connectivity index (χ4v) is 1.26. The van der Waals surface area contributed by atoms with E-state index >= 15 is 0 Å². The fraction of sp³-hybridized carbons (Fsp3) is 0.167. The van der Waals surface area contributed by atoms with Crippen LogP contribution in [0.3, 0.4) is 0 Å². The molecule has 0 bridgehead atoms. The quantitative estimate of drug-likeness (QED) is 0.310. The van der Waals surface area contributed by atoms with Gasteiger partial charge >= 0.3 is 59.1 Å². The van der Waals surface area contributed by atoms with Gasteiger partial charge in [-0.1, -0.05) is 0 Å². The number of carbonyl (C=O) groups excluding carboxylic acids is 2. The first-order chi connectivity index (χ1) is 7.90. The van der Waals surface area contributed by atoms with Crippen LogP contribution in [0.15, 0.2) is 33.8 Å². The van der Waals surface area contributed by atoms with E-state index in [0.29, 0.717) is 17.6 Å². The van der Waals surface area contributed by atoms with Crippen molar-refractivity contribution in [1.82, 2.24) is 0 Å². The van der Waals surface area contributed by atoms with Crippen molar-refractivity contribution in [2.24, 2.45) is 0 Å². The Morgan fingerprint density at radius 2 is 1.79 bits per heavy atom. The van der Waals surface area contributed by atoms with Gasteiger partial charge in [-0.3, -0.25) is 0 Å². The van der Waals surface area contributed by atoms with Gasteiger partial charge in [0.15, 0.2) is 0 Å². The first-order valence-electron chi connectivity index (χ1n) is 4.79. The molecule has 0 saturated heterocycles. The summed E-state index contributed by atoms with van der Waals surface area (Å²) in [6.45, 7) is 3.05. The Balaban J connectivity index is 0. The SMILES string of the molecule is CC(=C/C(=O)[O-])/C(=C\c1ccc(C)o1)C(=O)[O-].[Na+].[Na+]. The zero-order valence-corrected chi connectivity index (χ0v) is 15.4. The monoisotopic (exact) mass is 280 g/mol. The summed E-state index contributed by atoms with van der Waals surface area (Å²) < 4.78 is 5.16. The predicted molar refractivity (Wildman–Crippen MR) is 55.2 cm³/mol. The molecular formula is C12H10Na2O5. The van der Waals surface area contributed by atoms with Gasteiger partial charge in [0.1, 0.15) is 11.5 Å². The van der Waals surface area contributed by atoms with Gasteiger partial charge in [0.25, 0.3) is 0 Å². The number of carbonyl (C=O) groups is 2. The summed E-state index contributed by atoms with van der Waals surface area (Å²) >= 11 is 0. The average molecular weight is 280 g/mol. The van der Waals surface area contributed by atoms with E-state index in [1.807, 2.05) is 0 Å². The second kappa shape index (κ2) is 9.58.